The fourth-order valence-electron chi connectivity index (χ4n) is 2.28. The van der Waals surface area contributed by atoms with Crippen LogP contribution in [0.3, 0.4) is 0 Å². The van der Waals surface area contributed by atoms with Crippen LogP contribution in [0.2, 0.25) is 0 Å². The molecule has 0 aromatic heterocycles. The molecule has 0 unspecified atom stereocenters. The Morgan fingerprint density at radius 3 is 2.37 bits per heavy atom. The van der Waals surface area contributed by atoms with Gasteiger partial charge in [-0.2, -0.15) is 0 Å². The monoisotopic (exact) mass is 262 g/mol. The summed E-state index contributed by atoms with van der Waals surface area (Å²) in [6.45, 7) is 7.40. The number of hydrogen-bond acceptors (Lipinski definition) is 3. The lowest BCUT2D eigenvalue weighted by atomic mass is 10.1. The number of carbonyl (C=O) groups is 1. The van der Waals surface area contributed by atoms with Crippen LogP contribution in [-0.4, -0.2) is 30.1 Å². The van der Waals surface area contributed by atoms with E-state index in [0.29, 0.717) is 18.8 Å². The fraction of sp³-hybridized carbons (Fsp3) is 0.533. The Balaban J connectivity index is 2.05. The van der Waals surface area contributed by atoms with Gasteiger partial charge in [0.2, 0.25) is 0 Å². The third kappa shape index (κ3) is 3.26. The molecule has 0 saturated carbocycles. The van der Waals surface area contributed by atoms with Gasteiger partial charge in [0, 0.05) is 19.1 Å². The molecule has 1 saturated heterocycles. The second-order valence-electron chi connectivity index (χ2n) is 5.39. The third-order valence-corrected chi connectivity index (χ3v) is 3.79. The predicted molar refractivity (Wildman–Crippen MR) is 75.5 cm³/mol. The molecule has 0 aliphatic carbocycles. The molecule has 2 N–H and O–H groups in total. The average Bonchev–Trinajstić information content (AvgIpc) is 2.36. The van der Waals surface area contributed by atoms with Gasteiger partial charge in [0.1, 0.15) is 5.75 Å². The molecule has 0 spiro atoms. The standard InChI is InChI=1S/C15H22N2O2/c1-10-8-12(3)14(9-11(10)2)19-15(18)17-6-4-13(16)5-7-17/h8-9,13H,4-7,16H2,1-3H3. The summed E-state index contributed by atoms with van der Waals surface area (Å²) < 4.78 is 5.50. The Kier molecular flexibility index (Phi) is 4.10. The van der Waals surface area contributed by atoms with E-state index in [1.165, 1.54) is 5.56 Å². The highest BCUT2D eigenvalue weighted by Crippen LogP contribution is 2.23. The maximum absolute atomic E-state index is 12.1. The SMILES string of the molecule is Cc1cc(C)c(OC(=O)N2CCC(N)CC2)cc1C. The molecule has 1 aromatic carbocycles. The van der Waals surface area contributed by atoms with E-state index in [-0.39, 0.29) is 12.1 Å². The van der Waals surface area contributed by atoms with Gasteiger partial charge in [0.05, 0.1) is 0 Å². The molecule has 1 amide bonds. The molecule has 19 heavy (non-hydrogen) atoms. The molecule has 1 fully saturated rings. The van der Waals surface area contributed by atoms with Crippen LogP contribution in [0.5, 0.6) is 5.75 Å². The summed E-state index contributed by atoms with van der Waals surface area (Å²) in [7, 11) is 0. The molecular formula is C15H22N2O2. The highest BCUT2D eigenvalue weighted by atomic mass is 16.6. The van der Waals surface area contributed by atoms with Crippen molar-refractivity contribution in [3.8, 4) is 5.75 Å². The van der Waals surface area contributed by atoms with Crippen molar-refractivity contribution in [2.45, 2.75) is 39.7 Å². The molecule has 104 valence electrons. The Morgan fingerprint density at radius 1 is 1.16 bits per heavy atom. The van der Waals surface area contributed by atoms with Gasteiger partial charge in [-0.25, -0.2) is 4.79 Å². The summed E-state index contributed by atoms with van der Waals surface area (Å²) in [5.74, 6) is 0.656. The summed E-state index contributed by atoms with van der Waals surface area (Å²) in [5, 5.41) is 0. The van der Waals surface area contributed by atoms with Gasteiger partial charge in [0.15, 0.2) is 0 Å². The summed E-state index contributed by atoms with van der Waals surface area (Å²) in [5.41, 5.74) is 9.17. The highest BCUT2D eigenvalue weighted by Gasteiger charge is 2.22. The van der Waals surface area contributed by atoms with Gasteiger partial charge in [-0.1, -0.05) is 6.07 Å². The zero-order valence-corrected chi connectivity index (χ0v) is 11.9. The van der Waals surface area contributed by atoms with E-state index in [9.17, 15) is 4.79 Å². The van der Waals surface area contributed by atoms with Gasteiger partial charge in [-0.15, -0.1) is 0 Å². The number of rotatable bonds is 1. The molecular weight excluding hydrogens is 240 g/mol. The van der Waals surface area contributed by atoms with Crippen LogP contribution in [0, 0.1) is 20.8 Å². The van der Waals surface area contributed by atoms with Crippen LogP contribution in [0.15, 0.2) is 12.1 Å². The zero-order chi connectivity index (χ0) is 14.0. The molecule has 1 heterocycles. The number of benzene rings is 1. The number of ether oxygens (including phenoxy) is 1. The number of nitrogens with zero attached hydrogens (tertiary/aromatic N) is 1. The number of piperidine rings is 1. The smallest absolute Gasteiger partial charge is 0.410 e. The third-order valence-electron chi connectivity index (χ3n) is 3.79. The van der Waals surface area contributed by atoms with Crippen LogP contribution in [0.1, 0.15) is 29.5 Å². The number of carbonyl (C=O) groups excluding carboxylic acids is 1. The summed E-state index contributed by atoms with van der Waals surface area (Å²) in [6.07, 6.45) is 1.43. The summed E-state index contributed by atoms with van der Waals surface area (Å²) in [4.78, 5) is 13.8. The topological polar surface area (TPSA) is 55.6 Å². The maximum atomic E-state index is 12.1. The van der Waals surface area contributed by atoms with Crippen molar-refractivity contribution in [3.63, 3.8) is 0 Å². The quantitative estimate of drug-likeness (QED) is 0.846. The van der Waals surface area contributed by atoms with Crippen LogP contribution in [-0.2, 0) is 0 Å². The van der Waals surface area contributed by atoms with E-state index in [1.807, 2.05) is 26.0 Å². The Bertz CT molecular complexity index is 477. The van der Waals surface area contributed by atoms with E-state index in [4.69, 9.17) is 10.5 Å². The maximum Gasteiger partial charge on any atom is 0.415 e. The van der Waals surface area contributed by atoms with E-state index in [2.05, 4.69) is 6.92 Å². The first-order valence-corrected chi connectivity index (χ1v) is 6.77. The lowest BCUT2D eigenvalue weighted by molar-refractivity contribution is 0.139. The fourth-order valence-corrected chi connectivity index (χ4v) is 2.28. The van der Waals surface area contributed by atoms with Crippen molar-refractivity contribution in [2.75, 3.05) is 13.1 Å². The Labute approximate surface area is 114 Å². The Hall–Kier alpha value is -1.55. The van der Waals surface area contributed by atoms with Crippen molar-refractivity contribution < 1.29 is 9.53 Å². The van der Waals surface area contributed by atoms with Gasteiger partial charge in [-0.05, 0) is 56.4 Å². The van der Waals surface area contributed by atoms with Crippen LogP contribution < -0.4 is 10.5 Å². The molecule has 1 aromatic rings. The summed E-state index contributed by atoms with van der Waals surface area (Å²) >= 11 is 0. The molecule has 0 atom stereocenters. The number of likely N-dealkylation sites (tertiary alicyclic amines) is 1. The van der Waals surface area contributed by atoms with Crippen molar-refractivity contribution in [2.24, 2.45) is 5.73 Å². The van der Waals surface area contributed by atoms with Crippen LogP contribution in [0.25, 0.3) is 0 Å². The molecule has 1 aliphatic heterocycles. The highest BCUT2D eigenvalue weighted by molar-refractivity contribution is 5.71. The minimum Gasteiger partial charge on any atom is -0.410 e. The first-order chi connectivity index (χ1) is 8.97. The van der Waals surface area contributed by atoms with Crippen LogP contribution in [0.4, 0.5) is 4.79 Å². The average molecular weight is 262 g/mol. The predicted octanol–water partition coefficient (Wildman–Crippen LogP) is 2.53. The first kappa shape index (κ1) is 13.9. The van der Waals surface area contributed by atoms with Crippen molar-refractivity contribution in [1.29, 1.82) is 0 Å². The van der Waals surface area contributed by atoms with Crippen molar-refractivity contribution in [1.82, 2.24) is 4.90 Å². The minimum atomic E-state index is -0.266. The normalized spacial score (nSPS) is 16.5. The molecule has 2 rings (SSSR count). The second kappa shape index (κ2) is 5.61. The molecule has 4 nitrogen and oxygen atoms in total. The molecule has 0 radical (unpaired) electrons. The zero-order valence-electron chi connectivity index (χ0n) is 11.9. The largest absolute Gasteiger partial charge is 0.415 e. The lowest BCUT2D eigenvalue weighted by Crippen LogP contribution is -2.44. The van der Waals surface area contributed by atoms with Crippen LogP contribution >= 0.6 is 0 Å². The minimum absolute atomic E-state index is 0.215. The van der Waals surface area contributed by atoms with Gasteiger partial charge >= 0.3 is 6.09 Å². The lowest BCUT2D eigenvalue weighted by Gasteiger charge is -2.29. The number of amides is 1. The van der Waals surface area contributed by atoms with E-state index < -0.39 is 0 Å². The van der Waals surface area contributed by atoms with Crippen molar-refractivity contribution in [3.05, 3.63) is 28.8 Å². The number of hydrogen-bond donors (Lipinski definition) is 1. The number of nitrogens with two attached hydrogens (primary N) is 1. The molecule has 4 heteroatoms. The van der Waals surface area contributed by atoms with Gasteiger partial charge < -0.3 is 15.4 Å². The van der Waals surface area contributed by atoms with Crippen molar-refractivity contribution >= 4 is 6.09 Å². The Morgan fingerprint density at radius 2 is 1.74 bits per heavy atom. The van der Waals surface area contributed by atoms with E-state index >= 15 is 0 Å². The second-order valence-corrected chi connectivity index (χ2v) is 5.39. The van der Waals surface area contributed by atoms with E-state index in [0.717, 1.165) is 24.0 Å². The molecule has 1 aliphatic rings. The number of aryl methyl sites for hydroxylation is 3. The summed E-state index contributed by atoms with van der Waals surface area (Å²) in [6, 6.07) is 4.19. The van der Waals surface area contributed by atoms with Gasteiger partial charge in [-0.3, -0.25) is 0 Å². The molecule has 0 bridgehead atoms. The van der Waals surface area contributed by atoms with E-state index in [1.54, 1.807) is 4.90 Å². The first-order valence-electron chi connectivity index (χ1n) is 6.77. The van der Waals surface area contributed by atoms with Gasteiger partial charge in [0.25, 0.3) is 0 Å².